The Morgan fingerprint density at radius 1 is 1.37 bits per heavy atom. The number of carbonyl (C=O) groups is 1. The molecule has 0 unspecified atom stereocenters. The number of aryl methyl sites for hydroxylation is 2. The van der Waals surface area contributed by atoms with Crippen molar-refractivity contribution in [3.63, 3.8) is 0 Å². The van der Waals surface area contributed by atoms with Gasteiger partial charge in [0.05, 0.1) is 0 Å². The van der Waals surface area contributed by atoms with Crippen LogP contribution >= 0.6 is 0 Å². The highest BCUT2D eigenvalue weighted by atomic mass is 16.2. The SMILES string of the molecule is CCCCCn1cc(C(=O)NC(C)C)c(=O)cc1C. The topological polar surface area (TPSA) is 51.1 Å². The Morgan fingerprint density at radius 2 is 2.05 bits per heavy atom. The van der Waals surface area contributed by atoms with Crippen LogP contribution in [0.4, 0.5) is 0 Å². The highest BCUT2D eigenvalue weighted by molar-refractivity contribution is 5.93. The van der Waals surface area contributed by atoms with Gasteiger partial charge in [-0.15, -0.1) is 0 Å². The summed E-state index contributed by atoms with van der Waals surface area (Å²) in [6.45, 7) is 8.66. The second-order valence-electron chi connectivity index (χ2n) is 5.22. The van der Waals surface area contributed by atoms with Crippen molar-refractivity contribution < 1.29 is 4.79 Å². The molecular formula is C15H24N2O2. The lowest BCUT2D eigenvalue weighted by Gasteiger charge is -2.13. The first-order valence-electron chi connectivity index (χ1n) is 6.97. The van der Waals surface area contributed by atoms with Crippen LogP contribution in [0.5, 0.6) is 0 Å². The molecule has 4 heteroatoms. The third kappa shape index (κ3) is 4.54. The first-order chi connectivity index (χ1) is 8.95. The van der Waals surface area contributed by atoms with Gasteiger partial charge in [-0.1, -0.05) is 19.8 Å². The second-order valence-corrected chi connectivity index (χ2v) is 5.22. The molecule has 1 aromatic rings. The standard InChI is InChI=1S/C15H24N2O2/c1-5-6-7-8-17-10-13(14(18)9-12(17)4)15(19)16-11(2)3/h9-11H,5-8H2,1-4H3,(H,16,19). The second kappa shape index (κ2) is 7.12. The maximum atomic E-state index is 11.9. The molecule has 1 rings (SSSR count). The van der Waals surface area contributed by atoms with Gasteiger partial charge < -0.3 is 9.88 Å². The third-order valence-corrected chi connectivity index (χ3v) is 3.01. The Morgan fingerprint density at radius 3 is 2.63 bits per heavy atom. The van der Waals surface area contributed by atoms with E-state index in [0.717, 1.165) is 31.5 Å². The Balaban J connectivity index is 2.95. The number of amides is 1. The van der Waals surface area contributed by atoms with E-state index in [1.165, 1.54) is 0 Å². The molecule has 0 aliphatic carbocycles. The highest BCUT2D eigenvalue weighted by Gasteiger charge is 2.12. The van der Waals surface area contributed by atoms with Gasteiger partial charge in [-0.25, -0.2) is 0 Å². The van der Waals surface area contributed by atoms with Crippen LogP contribution in [0.2, 0.25) is 0 Å². The monoisotopic (exact) mass is 264 g/mol. The van der Waals surface area contributed by atoms with Gasteiger partial charge in [0.25, 0.3) is 5.91 Å². The number of pyridine rings is 1. The molecule has 0 saturated carbocycles. The molecule has 0 bridgehead atoms. The quantitative estimate of drug-likeness (QED) is 0.803. The van der Waals surface area contributed by atoms with Gasteiger partial charge in [-0.05, 0) is 27.2 Å². The van der Waals surface area contributed by atoms with Crippen LogP contribution in [0.15, 0.2) is 17.1 Å². The number of nitrogens with one attached hydrogen (secondary N) is 1. The first kappa shape index (κ1) is 15.5. The number of nitrogens with zero attached hydrogens (tertiary/aromatic N) is 1. The Hall–Kier alpha value is -1.58. The summed E-state index contributed by atoms with van der Waals surface area (Å²) in [5.74, 6) is -0.288. The zero-order valence-corrected chi connectivity index (χ0v) is 12.3. The van der Waals surface area contributed by atoms with Crippen LogP contribution < -0.4 is 10.7 Å². The molecule has 4 nitrogen and oxygen atoms in total. The molecule has 0 aliphatic heterocycles. The van der Waals surface area contributed by atoms with Crippen molar-refractivity contribution in [2.75, 3.05) is 0 Å². The molecular weight excluding hydrogens is 240 g/mol. The minimum atomic E-state index is -0.288. The number of carbonyl (C=O) groups excluding carboxylic acids is 1. The molecule has 0 aromatic carbocycles. The van der Waals surface area contributed by atoms with E-state index in [0.29, 0.717) is 0 Å². The van der Waals surface area contributed by atoms with Gasteiger partial charge >= 0.3 is 0 Å². The van der Waals surface area contributed by atoms with Crippen molar-refractivity contribution in [2.24, 2.45) is 0 Å². The predicted octanol–water partition coefficient (Wildman–Crippen LogP) is 2.49. The summed E-state index contributed by atoms with van der Waals surface area (Å²) in [6.07, 6.45) is 5.05. The zero-order chi connectivity index (χ0) is 14.4. The minimum absolute atomic E-state index is 0.0294. The van der Waals surface area contributed by atoms with Gasteiger partial charge in [-0.2, -0.15) is 0 Å². The first-order valence-corrected chi connectivity index (χ1v) is 6.97. The smallest absolute Gasteiger partial charge is 0.256 e. The summed E-state index contributed by atoms with van der Waals surface area (Å²) in [5.41, 5.74) is 0.931. The maximum Gasteiger partial charge on any atom is 0.256 e. The molecule has 0 spiro atoms. The lowest BCUT2D eigenvalue weighted by atomic mass is 10.2. The van der Waals surface area contributed by atoms with Crippen molar-refractivity contribution >= 4 is 5.91 Å². The molecule has 0 fully saturated rings. The van der Waals surface area contributed by atoms with E-state index in [1.54, 1.807) is 12.3 Å². The van der Waals surface area contributed by atoms with Gasteiger partial charge in [0, 0.05) is 30.5 Å². The lowest BCUT2D eigenvalue weighted by Crippen LogP contribution is -2.34. The average Bonchev–Trinajstić information content (AvgIpc) is 2.31. The molecule has 1 aromatic heterocycles. The number of unbranched alkanes of at least 4 members (excludes halogenated alkanes) is 2. The number of hydrogen-bond acceptors (Lipinski definition) is 2. The Bertz CT molecular complexity index is 489. The van der Waals surface area contributed by atoms with Crippen molar-refractivity contribution in [2.45, 2.75) is 59.5 Å². The zero-order valence-electron chi connectivity index (χ0n) is 12.3. The fourth-order valence-electron chi connectivity index (χ4n) is 1.96. The summed E-state index contributed by atoms with van der Waals surface area (Å²) in [5, 5.41) is 2.76. The van der Waals surface area contributed by atoms with E-state index in [-0.39, 0.29) is 22.9 Å². The lowest BCUT2D eigenvalue weighted by molar-refractivity contribution is 0.0941. The van der Waals surface area contributed by atoms with E-state index in [9.17, 15) is 9.59 Å². The highest BCUT2D eigenvalue weighted by Crippen LogP contribution is 2.04. The molecule has 19 heavy (non-hydrogen) atoms. The minimum Gasteiger partial charge on any atom is -0.351 e. The van der Waals surface area contributed by atoms with Crippen LogP contribution in [0.3, 0.4) is 0 Å². The van der Waals surface area contributed by atoms with Gasteiger partial charge in [0.15, 0.2) is 5.43 Å². The molecule has 0 atom stereocenters. The van der Waals surface area contributed by atoms with E-state index < -0.39 is 0 Å². The Kier molecular flexibility index (Phi) is 5.80. The van der Waals surface area contributed by atoms with Crippen LogP contribution in [0, 0.1) is 6.92 Å². The molecule has 1 N–H and O–H groups in total. The van der Waals surface area contributed by atoms with Gasteiger partial charge in [0.2, 0.25) is 0 Å². The summed E-state index contributed by atoms with van der Waals surface area (Å²) in [7, 11) is 0. The van der Waals surface area contributed by atoms with Crippen molar-refractivity contribution in [3.8, 4) is 0 Å². The maximum absolute atomic E-state index is 11.9. The van der Waals surface area contributed by atoms with Crippen LogP contribution in [0.25, 0.3) is 0 Å². The third-order valence-electron chi connectivity index (χ3n) is 3.01. The van der Waals surface area contributed by atoms with Crippen molar-refractivity contribution in [1.29, 1.82) is 0 Å². The van der Waals surface area contributed by atoms with E-state index in [1.807, 2.05) is 25.3 Å². The Labute approximate surface area is 114 Å². The summed E-state index contributed by atoms with van der Waals surface area (Å²) < 4.78 is 1.99. The fraction of sp³-hybridized carbons (Fsp3) is 0.600. The molecule has 106 valence electrons. The predicted molar refractivity (Wildman–Crippen MR) is 77.6 cm³/mol. The molecule has 0 radical (unpaired) electrons. The fourth-order valence-corrected chi connectivity index (χ4v) is 1.96. The summed E-state index contributed by atoms with van der Waals surface area (Å²) in [6, 6.07) is 1.57. The number of hydrogen-bond donors (Lipinski definition) is 1. The van der Waals surface area contributed by atoms with Crippen LogP contribution in [-0.4, -0.2) is 16.5 Å². The molecule has 1 amide bonds. The van der Waals surface area contributed by atoms with Gasteiger partial charge in [-0.3, -0.25) is 9.59 Å². The summed E-state index contributed by atoms with van der Waals surface area (Å²) >= 11 is 0. The van der Waals surface area contributed by atoms with Crippen LogP contribution in [0.1, 0.15) is 56.1 Å². The largest absolute Gasteiger partial charge is 0.351 e. The molecule has 0 saturated heterocycles. The van der Waals surface area contributed by atoms with Crippen LogP contribution in [-0.2, 0) is 6.54 Å². The number of aromatic nitrogens is 1. The summed E-state index contributed by atoms with van der Waals surface area (Å²) in [4.78, 5) is 23.8. The van der Waals surface area contributed by atoms with Gasteiger partial charge in [0.1, 0.15) is 5.56 Å². The average molecular weight is 264 g/mol. The van der Waals surface area contributed by atoms with E-state index in [2.05, 4.69) is 12.2 Å². The molecule has 0 aliphatic rings. The van der Waals surface area contributed by atoms with E-state index >= 15 is 0 Å². The van der Waals surface area contributed by atoms with Crippen molar-refractivity contribution in [1.82, 2.24) is 9.88 Å². The number of rotatable bonds is 6. The van der Waals surface area contributed by atoms with Crippen molar-refractivity contribution in [3.05, 3.63) is 33.7 Å². The van der Waals surface area contributed by atoms with E-state index in [4.69, 9.17) is 0 Å². The molecule has 1 heterocycles. The normalized spacial score (nSPS) is 10.8.